The molecule has 1 aliphatic rings. The van der Waals surface area contributed by atoms with E-state index in [0.29, 0.717) is 18.5 Å². The highest BCUT2D eigenvalue weighted by molar-refractivity contribution is 5.67. The van der Waals surface area contributed by atoms with Crippen molar-refractivity contribution >= 4 is 6.09 Å². The molecule has 2 rings (SSSR count). The third-order valence-corrected chi connectivity index (χ3v) is 3.65. The minimum Gasteiger partial charge on any atom is -0.481 e. The largest absolute Gasteiger partial charge is 0.481 e. The summed E-state index contributed by atoms with van der Waals surface area (Å²) < 4.78 is 10.3. The van der Waals surface area contributed by atoms with Gasteiger partial charge in [0.25, 0.3) is 0 Å². The molecule has 6 heteroatoms. The smallest absolute Gasteiger partial charge is 0.409 e. The summed E-state index contributed by atoms with van der Waals surface area (Å²) >= 11 is 0. The van der Waals surface area contributed by atoms with Gasteiger partial charge in [0, 0.05) is 37.4 Å². The molecule has 1 aliphatic heterocycles. The number of carbonyl (C=O) groups excluding carboxylic acids is 1. The van der Waals surface area contributed by atoms with Gasteiger partial charge in [-0.25, -0.2) is 9.78 Å². The van der Waals surface area contributed by atoms with E-state index in [4.69, 9.17) is 9.47 Å². The van der Waals surface area contributed by atoms with E-state index < -0.39 is 0 Å². The summed E-state index contributed by atoms with van der Waals surface area (Å²) in [5, 5.41) is 3.51. The highest BCUT2D eigenvalue weighted by atomic mass is 16.6. The molecule has 2 heterocycles. The Morgan fingerprint density at radius 2 is 2.24 bits per heavy atom. The quantitative estimate of drug-likeness (QED) is 0.897. The molecule has 0 aliphatic carbocycles. The fraction of sp³-hybridized carbons (Fsp3) is 0.600. The van der Waals surface area contributed by atoms with Crippen molar-refractivity contribution in [1.82, 2.24) is 15.2 Å². The molecule has 1 fully saturated rings. The van der Waals surface area contributed by atoms with Crippen LogP contribution in [0, 0.1) is 0 Å². The second kappa shape index (κ2) is 7.83. The fourth-order valence-electron chi connectivity index (χ4n) is 2.48. The predicted octanol–water partition coefficient (Wildman–Crippen LogP) is 1.80. The lowest BCUT2D eigenvalue weighted by Crippen LogP contribution is -2.44. The van der Waals surface area contributed by atoms with Crippen LogP contribution in [0.2, 0.25) is 0 Å². The third-order valence-electron chi connectivity index (χ3n) is 3.65. The molecule has 1 amide bonds. The van der Waals surface area contributed by atoms with E-state index in [0.717, 1.165) is 38.0 Å². The first-order valence-electron chi connectivity index (χ1n) is 7.37. The van der Waals surface area contributed by atoms with Crippen molar-refractivity contribution in [2.45, 2.75) is 32.4 Å². The zero-order valence-electron chi connectivity index (χ0n) is 12.7. The number of likely N-dealkylation sites (tertiary alicyclic amines) is 1. The molecule has 0 saturated carbocycles. The van der Waals surface area contributed by atoms with Gasteiger partial charge < -0.3 is 19.7 Å². The number of nitrogens with one attached hydrogen (secondary N) is 1. The molecule has 0 bridgehead atoms. The Kier molecular flexibility index (Phi) is 5.80. The molecule has 0 aromatic carbocycles. The Bertz CT molecular complexity index is 459. The van der Waals surface area contributed by atoms with Gasteiger partial charge in [-0.2, -0.15) is 0 Å². The first-order chi connectivity index (χ1) is 10.2. The SMILES string of the molecule is CCOC(=O)N1CCC(NCc2cccnc2OC)CC1. The first kappa shape index (κ1) is 15.6. The summed E-state index contributed by atoms with van der Waals surface area (Å²) in [6, 6.07) is 4.32. The zero-order valence-corrected chi connectivity index (χ0v) is 12.7. The summed E-state index contributed by atoms with van der Waals surface area (Å²) in [6.07, 6.45) is 3.38. The Hall–Kier alpha value is -1.82. The van der Waals surface area contributed by atoms with E-state index in [9.17, 15) is 4.79 Å². The van der Waals surface area contributed by atoms with Gasteiger partial charge in [-0.05, 0) is 25.8 Å². The summed E-state index contributed by atoms with van der Waals surface area (Å²) in [5.74, 6) is 0.661. The highest BCUT2D eigenvalue weighted by Crippen LogP contribution is 2.16. The number of nitrogens with zero attached hydrogens (tertiary/aromatic N) is 2. The molecule has 0 atom stereocenters. The monoisotopic (exact) mass is 293 g/mol. The van der Waals surface area contributed by atoms with E-state index >= 15 is 0 Å². The van der Waals surface area contributed by atoms with Gasteiger partial charge in [-0.15, -0.1) is 0 Å². The van der Waals surface area contributed by atoms with Gasteiger partial charge in [-0.3, -0.25) is 0 Å². The van der Waals surface area contributed by atoms with Crippen molar-refractivity contribution in [3.8, 4) is 5.88 Å². The molecular weight excluding hydrogens is 270 g/mol. The Balaban J connectivity index is 1.77. The van der Waals surface area contributed by atoms with Gasteiger partial charge in [-0.1, -0.05) is 6.07 Å². The van der Waals surface area contributed by atoms with Crippen LogP contribution in [0.5, 0.6) is 5.88 Å². The minimum absolute atomic E-state index is 0.204. The van der Waals surface area contributed by atoms with Gasteiger partial charge in [0.15, 0.2) is 0 Å². The molecule has 1 aromatic rings. The van der Waals surface area contributed by atoms with Crippen LogP contribution >= 0.6 is 0 Å². The van der Waals surface area contributed by atoms with E-state index in [2.05, 4.69) is 10.3 Å². The summed E-state index contributed by atoms with van der Waals surface area (Å²) in [7, 11) is 1.63. The van der Waals surface area contributed by atoms with Crippen molar-refractivity contribution in [3.05, 3.63) is 23.9 Å². The van der Waals surface area contributed by atoms with E-state index in [1.165, 1.54) is 0 Å². The third kappa shape index (κ3) is 4.32. The first-order valence-corrected chi connectivity index (χ1v) is 7.37. The Labute approximate surface area is 125 Å². The molecule has 1 saturated heterocycles. The van der Waals surface area contributed by atoms with Crippen molar-refractivity contribution < 1.29 is 14.3 Å². The second-order valence-corrected chi connectivity index (χ2v) is 5.01. The van der Waals surface area contributed by atoms with E-state index in [1.807, 2.05) is 19.1 Å². The fourth-order valence-corrected chi connectivity index (χ4v) is 2.48. The molecule has 21 heavy (non-hydrogen) atoms. The van der Waals surface area contributed by atoms with Crippen molar-refractivity contribution in [1.29, 1.82) is 0 Å². The number of pyridine rings is 1. The lowest BCUT2D eigenvalue weighted by Gasteiger charge is -2.31. The number of carbonyl (C=O) groups is 1. The van der Waals surface area contributed by atoms with Crippen LogP contribution < -0.4 is 10.1 Å². The van der Waals surface area contributed by atoms with Crippen molar-refractivity contribution in [3.63, 3.8) is 0 Å². The summed E-state index contributed by atoms with van der Waals surface area (Å²) in [4.78, 5) is 17.6. The molecule has 116 valence electrons. The predicted molar refractivity (Wildman–Crippen MR) is 79.2 cm³/mol. The maximum absolute atomic E-state index is 11.6. The molecule has 0 spiro atoms. The van der Waals surface area contributed by atoms with Crippen LogP contribution in [0.15, 0.2) is 18.3 Å². The van der Waals surface area contributed by atoms with Crippen molar-refractivity contribution in [2.24, 2.45) is 0 Å². The summed E-state index contributed by atoms with van der Waals surface area (Å²) in [6.45, 7) is 4.45. The molecule has 0 radical (unpaired) electrons. The average molecular weight is 293 g/mol. The van der Waals surface area contributed by atoms with Gasteiger partial charge in [0.2, 0.25) is 5.88 Å². The minimum atomic E-state index is -0.204. The highest BCUT2D eigenvalue weighted by Gasteiger charge is 2.23. The second-order valence-electron chi connectivity index (χ2n) is 5.01. The Morgan fingerprint density at radius 1 is 1.48 bits per heavy atom. The maximum atomic E-state index is 11.6. The number of ether oxygens (including phenoxy) is 2. The molecule has 1 aromatic heterocycles. The van der Waals surface area contributed by atoms with Crippen molar-refractivity contribution in [2.75, 3.05) is 26.8 Å². The zero-order chi connectivity index (χ0) is 15.1. The van der Waals surface area contributed by atoms with Crippen LogP contribution in [0.3, 0.4) is 0 Å². The van der Waals surface area contributed by atoms with Crippen LogP contribution in [0.1, 0.15) is 25.3 Å². The standard InChI is InChI=1S/C15H23N3O3/c1-3-21-15(19)18-9-6-13(7-10-18)17-11-12-5-4-8-16-14(12)20-2/h4-5,8,13,17H,3,6-7,9-11H2,1-2H3. The normalized spacial score (nSPS) is 15.8. The Morgan fingerprint density at radius 3 is 2.90 bits per heavy atom. The topological polar surface area (TPSA) is 63.7 Å². The molecule has 0 unspecified atom stereocenters. The summed E-state index contributed by atoms with van der Waals surface area (Å²) in [5.41, 5.74) is 1.05. The number of hydrogen-bond donors (Lipinski definition) is 1. The molecular formula is C15H23N3O3. The molecule has 6 nitrogen and oxygen atoms in total. The van der Waals surface area contributed by atoms with E-state index in [-0.39, 0.29) is 6.09 Å². The van der Waals surface area contributed by atoms with Gasteiger partial charge >= 0.3 is 6.09 Å². The average Bonchev–Trinajstić information content (AvgIpc) is 2.54. The van der Waals surface area contributed by atoms with Gasteiger partial charge in [0.1, 0.15) is 0 Å². The number of piperidine rings is 1. The number of amides is 1. The molecule has 1 N–H and O–H groups in total. The van der Waals surface area contributed by atoms with Crippen LogP contribution in [-0.2, 0) is 11.3 Å². The van der Waals surface area contributed by atoms with Gasteiger partial charge in [0.05, 0.1) is 13.7 Å². The number of methoxy groups -OCH3 is 1. The van der Waals surface area contributed by atoms with Crippen LogP contribution in [0.25, 0.3) is 0 Å². The lowest BCUT2D eigenvalue weighted by molar-refractivity contribution is 0.0950. The number of hydrogen-bond acceptors (Lipinski definition) is 5. The lowest BCUT2D eigenvalue weighted by atomic mass is 10.1. The van der Waals surface area contributed by atoms with Crippen LogP contribution in [0.4, 0.5) is 4.79 Å². The number of rotatable bonds is 5. The maximum Gasteiger partial charge on any atom is 0.409 e. The number of aromatic nitrogens is 1. The van der Waals surface area contributed by atoms with E-state index in [1.54, 1.807) is 18.2 Å². The van der Waals surface area contributed by atoms with Crippen LogP contribution in [-0.4, -0.2) is 48.8 Å².